The van der Waals surface area contributed by atoms with Gasteiger partial charge < -0.3 is 5.32 Å². The number of rotatable bonds is 6. The van der Waals surface area contributed by atoms with Crippen molar-refractivity contribution in [2.45, 2.75) is 77.2 Å². The average molecular weight is 287 g/mol. The first-order valence-corrected chi connectivity index (χ1v) is 8.75. The maximum atomic E-state index is 3.52. The molecular formula is C20H33N. The molecule has 1 atom stereocenters. The van der Waals surface area contributed by atoms with E-state index in [2.05, 4.69) is 57.4 Å². The molecule has 2 rings (SSSR count). The van der Waals surface area contributed by atoms with Gasteiger partial charge in [0.15, 0.2) is 0 Å². The van der Waals surface area contributed by atoms with Crippen LogP contribution in [-0.4, -0.2) is 13.1 Å². The third-order valence-electron chi connectivity index (χ3n) is 5.11. The molecule has 0 radical (unpaired) electrons. The van der Waals surface area contributed by atoms with E-state index >= 15 is 0 Å². The second-order valence-corrected chi connectivity index (χ2v) is 7.86. The van der Waals surface area contributed by atoms with Gasteiger partial charge in [-0.2, -0.15) is 0 Å². The zero-order valence-electron chi connectivity index (χ0n) is 14.4. The van der Waals surface area contributed by atoms with E-state index in [1.165, 1.54) is 49.7 Å². The van der Waals surface area contributed by atoms with Crippen molar-refractivity contribution in [3.05, 3.63) is 35.4 Å². The molecule has 1 heteroatoms. The van der Waals surface area contributed by atoms with Crippen molar-refractivity contribution in [3.63, 3.8) is 0 Å². The summed E-state index contributed by atoms with van der Waals surface area (Å²) in [6, 6.07) is 9.88. The van der Waals surface area contributed by atoms with Crippen LogP contribution in [0.15, 0.2) is 24.3 Å². The van der Waals surface area contributed by atoms with Crippen LogP contribution in [0.1, 0.15) is 70.4 Å². The van der Waals surface area contributed by atoms with Crippen molar-refractivity contribution in [1.82, 2.24) is 5.32 Å². The van der Waals surface area contributed by atoms with Crippen molar-refractivity contribution < 1.29 is 0 Å². The minimum Gasteiger partial charge on any atom is -0.317 e. The number of hydrogen-bond donors (Lipinski definition) is 1. The van der Waals surface area contributed by atoms with Crippen molar-refractivity contribution in [3.8, 4) is 0 Å². The average Bonchev–Trinajstić information content (AvgIpc) is 2.96. The number of hydrogen-bond acceptors (Lipinski definition) is 1. The monoisotopic (exact) mass is 287 g/mol. The molecule has 1 N–H and O–H groups in total. The molecule has 1 nitrogen and oxygen atoms in total. The summed E-state index contributed by atoms with van der Waals surface area (Å²) in [4.78, 5) is 0. The van der Waals surface area contributed by atoms with E-state index < -0.39 is 0 Å². The van der Waals surface area contributed by atoms with Gasteiger partial charge in [0, 0.05) is 6.04 Å². The van der Waals surface area contributed by atoms with Gasteiger partial charge in [0.05, 0.1) is 0 Å². The number of nitrogens with one attached hydrogen (secondary N) is 1. The lowest BCUT2D eigenvalue weighted by molar-refractivity contribution is 0.418. The highest BCUT2D eigenvalue weighted by molar-refractivity contribution is 5.28. The van der Waals surface area contributed by atoms with Gasteiger partial charge in [0.1, 0.15) is 0 Å². The Morgan fingerprint density at radius 3 is 2.24 bits per heavy atom. The molecule has 0 bridgehead atoms. The summed E-state index contributed by atoms with van der Waals surface area (Å²) in [5.74, 6) is 1.00. The molecule has 0 heterocycles. The fourth-order valence-electron chi connectivity index (χ4n) is 3.51. The normalized spacial score (nSPS) is 18.1. The number of likely N-dealkylation sites (N-methyl/N-ethyl adjacent to an activating group) is 1. The molecule has 1 fully saturated rings. The fraction of sp³-hybridized carbons (Fsp3) is 0.700. The minimum absolute atomic E-state index is 0.253. The molecule has 0 aliphatic heterocycles. The van der Waals surface area contributed by atoms with E-state index in [-0.39, 0.29) is 5.41 Å². The quantitative estimate of drug-likeness (QED) is 0.769. The smallest absolute Gasteiger partial charge is 0.0105 e. The van der Waals surface area contributed by atoms with Crippen LogP contribution in [0.5, 0.6) is 0 Å². The SMILES string of the molecule is CNC(CCC1CCCC1)Cc1ccc(C(C)(C)C)cc1. The zero-order chi connectivity index (χ0) is 15.3. The standard InChI is InChI=1S/C20H33N/c1-20(2,3)18-12-9-17(10-13-18)15-19(21-4)14-11-16-7-5-6-8-16/h9-10,12-13,16,19,21H,5-8,11,14-15H2,1-4H3. The molecule has 118 valence electrons. The van der Waals surface area contributed by atoms with Crippen molar-refractivity contribution in [2.75, 3.05) is 7.05 Å². The van der Waals surface area contributed by atoms with Crippen LogP contribution in [0.25, 0.3) is 0 Å². The number of benzene rings is 1. The van der Waals surface area contributed by atoms with E-state index in [0.29, 0.717) is 6.04 Å². The molecule has 0 spiro atoms. The highest BCUT2D eigenvalue weighted by Crippen LogP contribution is 2.29. The Kier molecular flexibility index (Phi) is 5.87. The third kappa shape index (κ3) is 5.14. The third-order valence-corrected chi connectivity index (χ3v) is 5.11. The molecule has 0 aromatic heterocycles. The van der Waals surface area contributed by atoms with Gasteiger partial charge >= 0.3 is 0 Å². The van der Waals surface area contributed by atoms with Crippen LogP contribution in [-0.2, 0) is 11.8 Å². The lowest BCUT2D eigenvalue weighted by atomic mass is 9.86. The predicted molar refractivity (Wildman–Crippen MR) is 92.9 cm³/mol. The summed E-state index contributed by atoms with van der Waals surface area (Å²) in [6.45, 7) is 6.83. The summed E-state index contributed by atoms with van der Waals surface area (Å²) >= 11 is 0. The topological polar surface area (TPSA) is 12.0 Å². The first-order valence-electron chi connectivity index (χ1n) is 8.75. The molecule has 0 saturated heterocycles. The van der Waals surface area contributed by atoms with Crippen LogP contribution in [0.3, 0.4) is 0 Å². The Morgan fingerprint density at radius 2 is 1.71 bits per heavy atom. The zero-order valence-corrected chi connectivity index (χ0v) is 14.4. The van der Waals surface area contributed by atoms with Crippen LogP contribution in [0.2, 0.25) is 0 Å². The largest absolute Gasteiger partial charge is 0.317 e. The molecule has 1 aromatic carbocycles. The maximum Gasteiger partial charge on any atom is 0.0105 e. The van der Waals surface area contributed by atoms with Crippen molar-refractivity contribution in [1.29, 1.82) is 0 Å². The minimum atomic E-state index is 0.253. The van der Waals surface area contributed by atoms with Crippen molar-refractivity contribution in [2.24, 2.45) is 5.92 Å². The molecule has 1 aromatic rings. The molecule has 1 saturated carbocycles. The second-order valence-electron chi connectivity index (χ2n) is 7.86. The van der Waals surface area contributed by atoms with Crippen LogP contribution < -0.4 is 5.32 Å². The molecule has 1 aliphatic rings. The fourth-order valence-corrected chi connectivity index (χ4v) is 3.51. The summed E-state index contributed by atoms with van der Waals surface area (Å²) in [6.07, 6.45) is 9.75. The van der Waals surface area contributed by atoms with E-state index in [1.54, 1.807) is 0 Å². The summed E-state index contributed by atoms with van der Waals surface area (Å²) in [5.41, 5.74) is 3.15. The Morgan fingerprint density at radius 1 is 1.10 bits per heavy atom. The van der Waals surface area contributed by atoms with E-state index in [0.717, 1.165) is 12.3 Å². The van der Waals surface area contributed by atoms with E-state index in [9.17, 15) is 0 Å². The van der Waals surface area contributed by atoms with Gasteiger partial charge in [-0.15, -0.1) is 0 Å². The maximum absolute atomic E-state index is 3.52. The highest BCUT2D eigenvalue weighted by atomic mass is 14.9. The molecular weight excluding hydrogens is 254 g/mol. The summed E-state index contributed by atoms with van der Waals surface area (Å²) in [5, 5.41) is 3.52. The van der Waals surface area contributed by atoms with Gasteiger partial charge in [-0.1, -0.05) is 70.7 Å². The van der Waals surface area contributed by atoms with Gasteiger partial charge in [0.25, 0.3) is 0 Å². The highest BCUT2D eigenvalue weighted by Gasteiger charge is 2.17. The van der Waals surface area contributed by atoms with E-state index in [4.69, 9.17) is 0 Å². The molecule has 1 aliphatic carbocycles. The first kappa shape index (κ1) is 16.5. The summed E-state index contributed by atoms with van der Waals surface area (Å²) < 4.78 is 0. The lowest BCUT2D eigenvalue weighted by Gasteiger charge is -2.21. The van der Waals surface area contributed by atoms with Crippen LogP contribution >= 0.6 is 0 Å². The Bertz CT molecular complexity index is 406. The molecule has 21 heavy (non-hydrogen) atoms. The van der Waals surface area contributed by atoms with Crippen molar-refractivity contribution >= 4 is 0 Å². The Hall–Kier alpha value is -0.820. The summed E-state index contributed by atoms with van der Waals surface area (Å²) in [7, 11) is 2.11. The van der Waals surface area contributed by atoms with Crippen LogP contribution in [0, 0.1) is 5.92 Å². The Labute approximate surface area is 131 Å². The Balaban J connectivity index is 1.85. The molecule has 1 unspecified atom stereocenters. The van der Waals surface area contributed by atoms with E-state index in [1.807, 2.05) is 0 Å². The van der Waals surface area contributed by atoms with Gasteiger partial charge in [-0.05, 0) is 48.8 Å². The van der Waals surface area contributed by atoms with Crippen LogP contribution in [0.4, 0.5) is 0 Å². The predicted octanol–water partition coefficient (Wildman–Crippen LogP) is 5.09. The molecule has 0 amide bonds. The van der Waals surface area contributed by atoms with Gasteiger partial charge in [-0.25, -0.2) is 0 Å². The lowest BCUT2D eigenvalue weighted by Crippen LogP contribution is -2.28. The first-order chi connectivity index (χ1) is 9.99. The second kappa shape index (κ2) is 7.45. The van der Waals surface area contributed by atoms with Gasteiger partial charge in [-0.3, -0.25) is 0 Å². The van der Waals surface area contributed by atoms with Gasteiger partial charge in [0.2, 0.25) is 0 Å².